The number of benzene rings is 2. The van der Waals surface area contributed by atoms with Crippen LogP contribution in [0.25, 0.3) is 0 Å². The van der Waals surface area contributed by atoms with E-state index in [-0.39, 0.29) is 18.2 Å². The lowest BCUT2D eigenvalue weighted by Gasteiger charge is -2.11. The first-order valence-corrected chi connectivity index (χ1v) is 9.62. The van der Waals surface area contributed by atoms with Crippen molar-refractivity contribution in [1.82, 2.24) is 9.78 Å². The summed E-state index contributed by atoms with van der Waals surface area (Å²) in [7, 11) is 0. The van der Waals surface area contributed by atoms with Gasteiger partial charge in [-0.05, 0) is 56.0 Å². The van der Waals surface area contributed by atoms with Gasteiger partial charge in [0.2, 0.25) is 5.91 Å². The van der Waals surface area contributed by atoms with Gasteiger partial charge < -0.3 is 10.6 Å². The zero-order chi connectivity index (χ0) is 21.0. The normalized spacial score (nSPS) is 10.6. The summed E-state index contributed by atoms with van der Waals surface area (Å²) in [6.07, 6.45) is 1.99. The van der Waals surface area contributed by atoms with Crippen molar-refractivity contribution >= 4 is 23.2 Å². The monoisotopic (exact) mass is 390 g/mol. The van der Waals surface area contributed by atoms with Crippen LogP contribution in [0, 0.1) is 27.7 Å². The predicted molar refractivity (Wildman–Crippen MR) is 115 cm³/mol. The van der Waals surface area contributed by atoms with Crippen molar-refractivity contribution in [2.75, 3.05) is 10.6 Å². The first-order chi connectivity index (χ1) is 13.8. The Labute approximate surface area is 170 Å². The zero-order valence-electron chi connectivity index (χ0n) is 17.2. The number of rotatable bonds is 6. The van der Waals surface area contributed by atoms with Crippen LogP contribution >= 0.6 is 0 Å². The standard InChI is InChI=1S/C23H26N4O2/c1-15-7-5-8-16(2)21(15)24-20(28)12-14-27-13-11-19(26-27)23(29)25-22-17(3)9-6-10-18(22)4/h5-11,13H,12,14H2,1-4H3,(H,24,28)(H,25,29). The van der Waals surface area contributed by atoms with Gasteiger partial charge >= 0.3 is 0 Å². The van der Waals surface area contributed by atoms with Gasteiger partial charge in [0.05, 0.1) is 0 Å². The first kappa shape index (κ1) is 20.3. The molecule has 0 saturated carbocycles. The summed E-state index contributed by atoms with van der Waals surface area (Å²) in [6, 6.07) is 13.4. The lowest BCUT2D eigenvalue weighted by Crippen LogP contribution is -2.17. The smallest absolute Gasteiger partial charge is 0.276 e. The molecule has 1 aromatic heterocycles. The quantitative estimate of drug-likeness (QED) is 0.655. The summed E-state index contributed by atoms with van der Waals surface area (Å²) in [5.41, 5.74) is 6.04. The highest BCUT2D eigenvalue weighted by Crippen LogP contribution is 2.21. The molecule has 3 rings (SSSR count). The van der Waals surface area contributed by atoms with E-state index < -0.39 is 0 Å². The predicted octanol–water partition coefficient (Wildman–Crippen LogP) is 4.40. The van der Waals surface area contributed by atoms with Crippen molar-refractivity contribution < 1.29 is 9.59 Å². The highest BCUT2D eigenvalue weighted by molar-refractivity contribution is 6.03. The Kier molecular flexibility index (Phi) is 6.12. The average molecular weight is 390 g/mol. The molecule has 0 aliphatic heterocycles. The highest BCUT2D eigenvalue weighted by atomic mass is 16.2. The molecular formula is C23H26N4O2. The first-order valence-electron chi connectivity index (χ1n) is 9.62. The van der Waals surface area contributed by atoms with Crippen LogP contribution in [0.3, 0.4) is 0 Å². The molecule has 0 atom stereocenters. The second-order valence-electron chi connectivity index (χ2n) is 7.25. The number of carbonyl (C=O) groups excluding carboxylic acids is 2. The van der Waals surface area contributed by atoms with Crippen molar-refractivity contribution in [3.8, 4) is 0 Å². The molecule has 3 aromatic rings. The van der Waals surface area contributed by atoms with Gasteiger partial charge in [-0.15, -0.1) is 0 Å². The van der Waals surface area contributed by atoms with Crippen LogP contribution in [0.4, 0.5) is 11.4 Å². The van der Waals surface area contributed by atoms with E-state index in [1.165, 1.54) is 0 Å². The number of hydrogen-bond acceptors (Lipinski definition) is 3. The van der Waals surface area contributed by atoms with Crippen LogP contribution in [0.15, 0.2) is 48.7 Å². The summed E-state index contributed by atoms with van der Waals surface area (Å²) >= 11 is 0. The summed E-state index contributed by atoms with van der Waals surface area (Å²) < 4.78 is 1.61. The number of carbonyl (C=O) groups is 2. The summed E-state index contributed by atoms with van der Waals surface area (Å²) in [6.45, 7) is 8.24. The Balaban J connectivity index is 1.59. The number of nitrogens with one attached hydrogen (secondary N) is 2. The van der Waals surface area contributed by atoms with E-state index in [0.717, 1.165) is 33.6 Å². The fraction of sp³-hybridized carbons (Fsp3) is 0.261. The molecule has 0 unspecified atom stereocenters. The van der Waals surface area contributed by atoms with Gasteiger partial charge in [-0.2, -0.15) is 5.10 Å². The van der Waals surface area contributed by atoms with Crippen molar-refractivity contribution in [1.29, 1.82) is 0 Å². The van der Waals surface area contributed by atoms with Crippen LogP contribution < -0.4 is 10.6 Å². The second-order valence-corrected chi connectivity index (χ2v) is 7.25. The molecular weight excluding hydrogens is 364 g/mol. The molecule has 0 fully saturated rings. The van der Waals surface area contributed by atoms with Crippen LogP contribution in [-0.4, -0.2) is 21.6 Å². The molecule has 0 aliphatic carbocycles. The third kappa shape index (κ3) is 4.90. The highest BCUT2D eigenvalue weighted by Gasteiger charge is 2.13. The van der Waals surface area contributed by atoms with Crippen molar-refractivity contribution in [2.24, 2.45) is 0 Å². The fourth-order valence-corrected chi connectivity index (χ4v) is 3.23. The second kappa shape index (κ2) is 8.73. The third-order valence-electron chi connectivity index (χ3n) is 4.91. The van der Waals surface area contributed by atoms with Gasteiger partial charge in [-0.25, -0.2) is 0 Å². The molecule has 2 N–H and O–H groups in total. The number of aryl methyl sites for hydroxylation is 5. The molecule has 2 aromatic carbocycles. The van der Waals surface area contributed by atoms with Gasteiger partial charge in [-0.3, -0.25) is 14.3 Å². The number of anilines is 2. The van der Waals surface area contributed by atoms with E-state index in [1.54, 1.807) is 16.9 Å². The van der Waals surface area contributed by atoms with Crippen LogP contribution in [0.1, 0.15) is 39.2 Å². The average Bonchev–Trinajstić information content (AvgIpc) is 3.15. The number of para-hydroxylation sites is 2. The minimum Gasteiger partial charge on any atom is -0.326 e. The molecule has 0 saturated heterocycles. The summed E-state index contributed by atoms with van der Waals surface area (Å²) in [5, 5.41) is 10.2. The Hall–Kier alpha value is -3.41. The Bertz CT molecular complexity index is 1010. The molecule has 6 nitrogen and oxygen atoms in total. The van der Waals surface area contributed by atoms with Crippen molar-refractivity contribution in [3.63, 3.8) is 0 Å². The largest absolute Gasteiger partial charge is 0.326 e. The summed E-state index contributed by atoms with van der Waals surface area (Å²) in [5.74, 6) is -0.347. The van der Waals surface area contributed by atoms with E-state index in [0.29, 0.717) is 12.2 Å². The van der Waals surface area contributed by atoms with Gasteiger partial charge in [0.25, 0.3) is 5.91 Å². The number of nitrogens with zero attached hydrogens (tertiary/aromatic N) is 2. The van der Waals surface area contributed by atoms with Crippen LogP contribution in [-0.2, 0) is 11.3 Å². The molecule has 150 valence electrons. The topological polar surface area (TPSA) is 76.0 Å². The summed E-state index contributed by atoms with van der Waals surface area (Å²) in [4.78, 5) is 24.8. The maximum absolute atomic E-state index is 12.5. The van der Waals surface area contributed by atoms with E-state index in [4.69, 9.17) is 0 Å². The van der Waals surface area contributed by atoms with Crippen LogP contribution in [0.5, 0.6) is 0 Å². The SMILES string of the molecule is Cc1cccc(C)c1NC(=O)CCn1ccc(C(=O)Nc2c(C)cccc2C)n1. The van der Waals surface area contributed by atoms with Gasteiger partial charge in [0.1, 0.15) is 0 Å². The Morgan fingerprint density at radius 1 is 0.828 bits per heavy atom. The Morgan fingerprint density at radius 3 is 1.90 bits per heavy atom. The molecule has 0 bridgehead atoms. The molecule has 6 heteroatoms. The molecule has 0 aliphatic rings. The molecule has 29 heavy (non-hydrogen) atoms. The van der Waals surface area contributed by atoms with E-state index in [2.05, 4.69) is 15.7 Å². The number of aromatic nitrogens is 2. The number of hydrogen-bond donors (Lipinski definition) is 2. The van der Waals surface area contributed by atoms with Gasteiger partial charge in [0, 0.05) is 30.5 Å². The molecule has 0 radical (unpaired) electrons. The van der Waals surface area contributed by atoms with E-state index >= 15 is 0 Å². The fourth-order valence-electron chi connectivity index (χ4n) is 3.23. The van der Waals surface area contributed by atoms with E-state index in [1.807, 2.05) is 64.1 Å². The zero-order valence-corrected chi connectivity index (χ0v) is 17.2. The van der Waals surface area contributed by atoms with E-state index in [9.17, 15) is 9.59 Å². The van der Waals surface area contributed by atoms with Crippen LogP contribution in [0.2, 0.25) is 0 Å². The lowest BCUT2D eigenvalue weighted by molar-refractivity contribution is -0.116. The molecule has 1 heterocycles. The lowest BCUT2D eigenvalue weighted by atomic mass is 10.1. The number of amides is 2. The maximum Gasteiger partial charge on any atom is 0.276 e. The third-order valence-corrected chi connectivity index (χ3v) is 4.91. The van der Waals surface area contributed by atoms with Crippen molar-refractivity contribution in [3.05, 3.63) is 76.6 Å². The van der Waals surface area contributed by atoms with Gasteiger partial charge in [0.15, 0.2) is 5.69 Å². The minimum atomic E-state index is -0.263. The molecule has 0 spiro atoms. The van der Waals surface area contributed by atoms with Crippen molar-refractivity contribution in [2.45, 2.75) is 40.7 Å². The van der Waals surface area contributed by atoms with Gasteiger partial charge in [-0.1, -0.05) is 36.4 Å². The Morgan fingerprint density at radius 2 is 1.34 bits per heavy atom. The minimum absolute atomic E-state index is 0.0839. The molecule has 2 amide bonds. The maximum atomic E-state index is 12.5.